The molecule has 0 atom stereocenters. The van der Waals surface area contributed by atoms with Gasteiger partial charge in [-0.3, -0.25) is 9.48 Å². The Kier molecular flexibility index (Phi) is 5.07. The van der Waals surface area contributed by atoms with Gasteiger partial charge in [-0.05, 0) is 37.3 Å². The van der Waals surface area contributed by atoms with Gasteiger partial charge >= 0.3 is 0 Å². The molecule has 8 heteroatoms. The maximum absolute atomic E-state index is 14.4. The number of nitrogens with zero attached hydrogens (tertiary/aromatic N) is 2. The number of ether oxygens (including phenoxy) is 3. The van der Waals surface area contributed by atoms with Crippen molar-refractivity contribution < 1.29 is 23.4 Å². The first-order valence-electron chi connectivity index (χ1n) is 9.22. The Hall–Kier alpha value is -3.55. The summed E-state index contributed by atoms with van der Waals surface area (Å²) in [7, 11) is 1.47. The molecule has 0 saturated heterocycles. The van der Waals surface area contributed by atoms with Gasteiger partial charge in [-0.15, -0.1) is 0 Å². The van der Waals surface area contributed by atoms with Crippen LogP contribution in [-0.4, -0.2) is 36.0 Å². The second-order valence-electron chi connectivity index (χ2n) is 6.39. The Morgan fingerprint density at radius 1 is 1.17 bits per heavy atom. The second-order valence-corrected chi connectivity index (χ2v) is 6.39. The van der Waals surface area contributed by atoms with Gasteiger partial charge in [-0.25, -0.2) is 4.39 Å². The van der Waals surface area contributed by atoms with E-state index in [0.717, 1.165) is 0 Å². The molecule has 1 amide bonds. The van der Waals surface area contributed by atoms with Crippen molar-refractivity contribution in [2.75, 3.05) is 25.6 Å². The molecule has 0 radical (unpaired) electrons. The minimum atomic E-state index is -0.469. The van der Waals surface area contributed by atoms with Crippen LogP contribution in [0.3, 0.4) is 0 Å². The molecule has 29 heavy (non-hydrogen) atoms. The number of carbonyl (C=O) groups excluding carboxylic acids is 1. The van der Waals surface area contributed by atoms with Crippen molar-refractivity contribution in [2.45, 2.75) is 13.5 Å². The zero-order valence-corrected chi connectivity index (χ0v) is 16.1. The molecule has 1 aliphatic heterocycles. The fraction of sp³-hybridized carbons (Fsp3) is 0.238. The van der Waals surface area contributed by atoms with Crippen molar-refractivity contribution >= 4 is 11.6 Å². The molecule has 150 valence electrons. The molecule has 0 fully saturated rings. The molecule has 1 N–H and O–H groups in total. The van der Waals surface area contributed by atoms with Gasteiger partial charge in [-0.2, -0.15) is 5.10 Å². The number of methoxy groups -OCH3 is 1. The number of aromatic nitrogens is 2. The smallest absolute Gasteiger partial charge is 0.273 e. The van der Waals surface area contributed by atoms with Crippen LogP contribution in [0, 0.1) is 5.82 Å². The van der Waals surface area contributed by atoms with Gasteiger partial charge in [0.1, 0.15) is 30.5 Å². The fourth-order valence-electron chi connectivity index (χ4n) is 3.12. The van der Waals surface area contributed by atoms with Gasteiger partial charge in [0.15, 0.2) is 11.5 Å². The van der Waals surface area contributed by atoms with Crippen LogP contribution in [0.25, 0.3) is 11.3 Å². The second kappa shape index (κ2) is 7.83. The van der Waals surface area contributed by atoms with Gasteiger partial charge in [0.25, 0.3) is 5.91 Å². The number of rotatable bonds is 5. The maximum atomic E-state index is 14.4. The number of fused-ring (bicyclic) bond motifs is 1. The number of amides is 1. The van der Waals surface area contributed by atoms with E-state index in [1.165, 1.54) is 17.9 Å². The minimum Gasteiger partial charge on any atom is -0.497 e. The van der Waals surface area contributed by atoms with E-state index in [1.807, 2.05) is 6.92 Å². The minimum absolute atomic E-state index is 0.298. The van der Waals surface area contributed by atoms with Gasteiger partial charge in [0, 0.05) is 29.9 Å². The zero-order chi connectivity index (χ0) is 20.4. The summed E-state index contributed by atoms with van der Waals surface area (Å²) in [5.41, 5.74) is 1.57. The normalized spacial score (nSPS) is 12.5. The number of aryl methyl sites for hydroxylation is 1. The monoisotopic (exact) mass is 397 g/mol. The van der Waals surface area contributed by atoms with Crippen molar-refractivity contribution in [1.29, 1.82) is 0 Å². The summed E-state index contributed by atoms with van der Waals surface area (Å²) >= 11 is 0. The largest absolute Gasteiger partial charge is 0.497 e. The van der Waals surface area contributed by atoms with Crippen LogP contribution in [-0.2, 0) is 6.54 Å². The highest BCUT2D eigenvalue weighted by Crippen LogP contribution is 2.33. The molecular formula is C21H20FN3O4. The molecular weight excluding hydrogens is 377 g/mol. The molecule has 4 rings (SSSR count). The molecule has 2 aromatic carbocycles. The van der Waals surface area contributed by atoms with Crippen LogP contribution in [0.2, 0.25) is 0 Å². The third-order valence-corrected chi connectivity index (χ3v) is 4.56. The number of nitrogens with one attached hydrogen (secondary N) is 1. The first kappa shape index (κ1) is 18.8. The van der Waals surface area contributed by atoms with E-state index in [9.17, 15) is 9.18 Å². The summed E-state index contributed by atoms with van der Waals surface area (Å²) in [6, 6.07) is 11.3. The number of hydrogen-bond donors (Lipinski definition) is 1. The lowest BCUT2D eigenvalue weighted by Crippen LogP contribution is -2.18. The summed E-state index contributed by atoms with van der Waals surface area (Å²) in [6.07, 6.45) is 0. The lowest BCUT2D eigenvalue weighted by molar-refractivity contribution is 0.101. The zero-order valence-electron chi connectivity index (χ0n) is 16.1. The third-order valence-electron chi connectivity index (χ3n) is 4.56. The summed E-state index contributed by atoms with van der Waals surface area (Å²) in [5, 5.41) is 7.21. The quantitative estimate of drug-likeness (QED) is 0.710. The average molecular weight is 397 g/mol. The van der Waals surface area contributed by atoms with Gasteiger partial charge in [0.2, 0.25) is 0 Å². The summed E-state index contributed by atoms with van der Waals surface area (Å²) in [5.74, 6) is 0.821. The average Bonchev–Trinajstić information content (AvgIpc) is 3.18. The molecule has 0 spiro atoms. The lowest BCUT2D eigenvalue weighted by Gasteiger charge is -2.19. The van der Waals surface area contributed by atoms with Crippen LogP contribution >= 0.6 is 0 Å². The molecule has 0 saturated carbocycles. The standard InChI is InChI=1S/C21H20FN3O4/c1-3-25-18(12-17(24-25)15-6-5-14(27-2)11-16(15)22)21(26)23-13-4-7-19-20(10-13)29-9-8-28-19/h4-7,10-12H,3,8-9H2,1-2H3,(H,23,26). The van der Waals surface area contributed by atoms with E-state index in [1.54, 1.807) is 36.4 Å². The van der Waals surface area contributed by atoms with E-state index in [-0.39, 0.29) is 5.91 Å². The highest BCUT2D eigenvalue weighted by atomic mass is 19.1. The molecule has 1 aliphatic rings. The van der Waals surface area contributed by atoms with Crippen molar-refractivity contribution in [3.8, 4) is 28.5 Å². The highest BCUT2D eigenvalue weighted by Gasteiger charge is 2.19. The van der Waals surface area contributed by atoms with E-state index >= 15 is 0 Å². The van der Waals surface area contributed by atoms with Gasteiger partial charge in [-0.1, -0.05) is 0 Å². The SMILES string of the molecule is CCn1nc(-c2ccc(OC)cc2F)cc1C(=O)Nc1ccc2c(c1)OCCO2. The first-order chi connectivity index (χ1) is 14.1. The van der Waals surface area contributed by atoms with Crippen LogP contribution in [0.5, 0.6) is 17.2 Å². The van der Waals surface area contributed by atoms with Crippen molar-refractivity contribution in [3.05, 3.63) is 54.0 Å². The molecule has 0 bridgehead atoms. The Morgan fingerprint density at radius 3 is 2.69 bits per heavy atom. The lowest BCUT2D eigenvalue weighted by atomic mass is 10.1. The summed E-state index contributed by atoms with van der Waals surface area (Å²) in [6.45, 7) is 3.28. The van der Waals surface area contributed by atoms with E-state index in [2.05, 4.69) is 10.4 Å². The highest BCUT2D eigenvalue weighted by molar-refractivity contribution is 6.03. The van der Waals surface area contributed by atoms with E-state index in [4.69, 9.17) is 14.2 Å². The van der Waals surface area contributed by atoms with Crippen LogP contribution in [0.15, 0.2) is 42.5 Å². The Labute approximate surface area is 167 Å². The topological polar surface area (TPSA) is 74.6 Å². The molecule has 0 aliphatic carbocycles. The van der Waals surface area contributed by atoms with Gasteiger partial charge < -0.3 is 19.5 Å². The number of hydrogen-bond acceptors (Lipinski definition) is 5. The number of anilines is 1. The first-order valence-corrected chi connectivity index (χ1v) is 9.22. The van der Waals surface area contributed by atoms with Crippen molar-refractivity contribution in [3.63, 3.8) is 0 Å². The van der Waals surface area contributed by atoms with Crippen LogP contribution < -0.4 is 19.5 Å². The Bertz CT molecular complexity index is 1060. The number of benzene rings is 2. The predicted octanol–water partition coefficient (Wildman–Crippen LogP) is 3.74. The third kappa shape index (κ3) is 3.73. The molecule has 0 unspecified atom stereocenters. The number of halogens is 1. The van der Waals surface area contributed by atoms with Gasteiger partial charge in [0.05, 0.1) is 12.8 Å². The van der Waals surface area contributed by atoms with Crippen LogP contribution in [0.4, 0.5) is 10.1 Å². The molecule has 3 aromatic rings. The maximum Gasteiger partial charge on any atom is 0.273 e. The van der Waals surface area contributed by atoms with Crippen molar-refractivity contribution in [2.24, 2.45) is 0 Å². The molecule has 2 heterocycles. The molecule has 7 nitrogen and oxygen atoms in total. The summed E-state index contributed by atoms with van der Waals surface area (Å²) in [4.78, 5) is 12.8. The Balaban J connectivity index is 1.60. The predicted molar refractivity (Wildman–Crippen MR) is 105 cm³/mol. The number of carbonyl (C=O) groups is 1. The fourth-order valence-corrected chi connectivity index (χ4v) is 3.12. The molecule has 1 aromatic heterocycles. The van der Waals surface area contributed by atoms with E-state index in [0.29, 0.717) is 59.6 Å². The van der Waals surface area contributed by atoms with Crippen molar-refractivity contribution in [1.82, 2.24) is 9.78 Å². The summed E-state index contributed by atoms with van der Waals surface area (Å²) < 4.78 is 32.0. The Morgan fingerprint density at radius 2 is 1.97 bits per heavy atom. The van der Waals surface area contributed by atoms with Crippen LogP contribution in [0.1, 0.15) is 17.4 Å². The van der Waals surface area contributed by atoms with E-state index < -0.39 is 5.82 Å².